The molecule has 0 N–H and O–H groups in total. The molecule has 0 bridgehead atoms. The molecule has 4 nitrogen and oxygen atoms in total. The Morgan fingerprint density at radius 2 is 1.90 bits per heavy atom. The van der Waals surface area contributed by atoms with Gasteiger partial charge in [0.2, 0.25) is 0 Å². The quantitative estimate of drug-likeness (QED) is 0.849. The smallest absolute Gasteiger partial charge is 0.254 e. The van der Waals surface area contributed by atoms with E-state index in [1.54, 1.807) is 14.2 Å². The van der Waals surface area contributed by atoms with Gasteiger partial charge in [-0.1, -0.05) is 12.1 Å². The number of methoxy groups -OCH3 is 2. The number of hydrogen-bond acceptors (Lipinski definition) is 3. The van der Waals surface area contributed by atoms with E-state index in [9.17, 15) is 4.79 Å². The summed E-state index contributed by atoms with van der Waals surface area (Å²) in [6.45, 7) is 4.43. The van der Waals surface area contributed by atoms with E-state index in [0.29, 0.717) is 0 Å². The fourth-order valence-electron chi connectivity index (χ4n) is 2.62. The van der Waals surface area contributed by atoms with Crippen molar-refractivity contribution < 1.29 is 14.3 Å². The number of carbonyl (C=O) groups is 1. The molecule has 1 aliphatic heterocycles. The van der Waals surface area contributed by atoms with Gasteiger partial charge in [0.1, 0.15) is 11.4 Å². The maximum Gasteiger partial charge on any atom is 0.254 e. The second kappa shape index (κ2) is 5.83. The lowest BCUT2D eigenvalue weighted by Gasteiger charge is -2.32. The summed E-state index contributed by atoms with van der Waals surface area (Å²) in [4.78, 5) is 14.5. The number of nitrogens with zero attached hydrogens (tertiary/aromatic N) is 1. The van der Waals surface area contributed by atoms with E-state index in [0.717, 1.165) is 30.7 Å². The Hall–Kier alpha value is -1.55. The predicted molar refractivity (Wildman–Crippen MR) is 77.8 cm³/mol. The topological polar surface area (TPSA) is 38.8 Å². The number of likely N-dealkylation sites (tertiary alicyclic amines) is 1. The van der Waals surface area contributed by atoms with Gasteiger partial charge in [0.05, 0.1) is 13.2 Å². The van der Waals surface area contributed by atoms with Gasteiger partial charge in [0, 0.05) is 13.7 Å². The second-order valence-electron chi connectivity index (χ2n) is 5.64. The standard InChI is InChI=1S/C16H23NO3/c1-16(2,20-4)15(18)17-11-5-6-14(17)12-7-9-13(19-3)10-8-12/h7-10,14H,5-6,11H2,1-4H3. The zero-order valence-electron chi connectivity index (χ0n) is 12.7. The van der Waals surface area contributed by atoms with Crippen molar-refractivity contribution in [2.24, 2.45) is 0 Å². The summed E-state index contributed by atoms with van der Waals surface area (Å²) in [5, 5.41) is 0. The van der Waals surface area contributed by atoms with Gasteiger partial charge in [-0.3, -0.25) is 4.79 Å². The molecule has 0 spiro atoms. The van der Waals surface area contributed by atoms with E-state index in [2.05, 4.69) is 0 Å². The Labute approximate surface area is 120 Å². The molecule has 110 valence electrons. The fraction of sp³-hybridized carbons (Fsp3) is 0.562. The minimum Gasteiger partial charge on any atom is -0.497 e. The summed E-state index contributed by atoms with van der Waals surface area (Å²) in [6, 6.07) is 8.10. The van der Waals surface area contributed by atoms with Crippen molar-refractivity contribution in [1.82, 2.24) is 4.90 Å². The second-order valence-corrected chi connectivity index (χ2v) is 5.64. The molecule has 1 aliphatic rings. The molecule has 1 atom stereocenters. The molecule has 1 aromatic carbocycles. The van der Waals surface area contributed by atoms with Crippen LogP contribution in [0.1, 0.15) is 38.3 Å². The molecular formula is C16H23NO3. The highest BCUT2D eigenvalue weighted by atomic mass is 16.5. The minimum absolute atomic E-state index is 0.0540. The van der Waals surface area contributed by atoms with Gasteiger partial charge in [0.15, 0.2) is 0 Å². The first-order valence-electron chi connectivity index (χ1n) is 7.00. The number of amides is 1. The van der Waals surface area contributed by atoms with E-state index < -0.39 is 5.60 Å². The largest absolute Gasteiger partial charge is 0.497 e. The van der Waals surface area contributed by atoms with Crippen molar-refractivity contribution in [1.29, 1.82) is 0 Å². The van der Waals surface area contributed by atoms with Gasteiger partial charge in [-0.05, 0) is 44.4 Å². The molecule has 2 rings (SSSR count). The van der Waals surface area contributed by atoms with Crippen molar-refractivity contribution in [3.05, 3.63) is 29.8 Å². The molecule has 0 saturated carbocycles. The molecule has 20 heavy (non-hydrogen) atoms. The van der Waals surface area contributed by atoms with Gasteiger partial charge in [-0.25, -0.2) is 0 Å². The summed E-state index contributed by atoms with van der Waals surface area (Å²) >= 11 is 0. The summed E-state index contributed by atoms with van der Waals surface area (Å²) in [5.74, 6) is 0.889. The monoisotopic (exact) mass is 277 g/mol. The van der Waals surface area contributed by atoms with E-state index in [1.165, 1.54) is 0 Å². The summed E-state index contributed by atoms with van der Waals surface area (Å²) in [5.41, 5.74) is 0.387. The molecule has 1 amide bonds. The molecule has 1 fully saturated rings. The Balaban J connectivity index is 2.20. The molecule has 1 unspecified atom stereocenters. The van der Waals surface area contributed by atoms with Crippen LogP contribution in [0.5, 0.6) is 5.75 Å². The fourth-order valence-corrected chi connectivity index (χ4v) is 2.62. The van der Waals surface area contributed by atoms with E-state index in [-0.39, 0.29) is 11.9 Å². The van der Waals surface area contributed by atoms with Crippen LogP contribution in [0.4, 0.5) is 0 Å². The third kappa shape index (κ3) is 2.80. The van der Waals surface area contributed by atoms with Crippen LogP contribution in [0.15, 0.2) is 24.3 Å². The van der Waals surface area contributed by atoms with Crippen molar-refractivity contribution in [3.8, 4) is 5.75 Å². The highest BCUT2D eigenvalue weighted by molar-refractivity contribution is 5.85. The maximum atomic E-state index is 12.6. The first kappa shape index (κ1) is 14.9. The zero-order chi connectivity index (χ0) is 14.8. The summed E-state index contributed by atoms with van der Waals surface area (Å²) in [6.07, 6.45) is 2.03. The number of ether oxygens (including phenoxy) is 2. The van der Waals surface area contributed by atoms with Crippen molar-refractivity contribution >= 4 is 5.91 Å². The average Bonchev–Trinajstić information content (AvgIpc) is 2.95. The number of rotatable bonds is 4. The van der Waals surface area contributed by atoms with Gasteiger partial charge in [0.25, 0.3) is 5.91 Å². The number of benzene rings is 1. The van der Waals surface area contributed by atoms with Gasteiger partial charge in [-0.2, -0.15) is 0 Å². The van der Waals surface area contributed by atoms with Crippen LogP contribution in [-0.2, 0) is 9.53 Å². The van der Waals surface area contributed by atoms with Gasteiger partial charge in [-0.15, -0.1) is 0 Å². The summed E-state index contributed by atoms with van der Waals surface area (Å²) in [7, 11) is 3.23. The molecule has 0 aromatic heterocycles. The van der Waals surface area contributed by atoms with E-state index in [4.69, 9.17) is 9.47 Å². The number of hydrogen-bond donors (Lipinski definition) is 0. The molecule has 0 aliphatic carbocycles. The first-order chi connectivity index (χ1) is 9.49. The van der Waals surface area contributed by atoms with Gasteiger partial charge < -0.3 is 14.4 Å². The van der Waals surface area contributed by atoms with E-state index in [1.807, 2.05) is 43.0 Å². The third-order valence-corrected chi connectivity index (χ3v) is 4.04. The Morgan fingerprint density at radius 3 is 2.45 bits per heavy atom. The minimum atomic E-state index is -0.769. The normalized spacial score (nSPS) is 19.2. The predicted octanol–water partition coefficient (Wildman–Crippen LogP) is 2.78. The first-order valence-corrected chi connectivity index (χ1v) is 7.00. The molecule has 1 heterocycles. The Bertz CT molecular complexity index is 467. The average molecular weight is 277 g/mol. The lowest BCUT2D eigenvalue weighted by atomic mass is 10.0. The number of carbonyl (C=O) groups excluding carboxylic acids is 1. The van der Waals surface area contributed by atoms with Crippen LogP contribution in [0.3, 0.4) is 0 Å². The van der Waals surface area contributed by atoms with Crippen LogP contribution in [0, 0.1) is 0 Å². The highest BCUT2D eigenvalue weighted by Crippen LogP contribution is 2.34. The van der Waals surface area contributed by atoms with Gasteiger partial charge >= 0.3 is 0 Å². The van der Waals surface area contributed by atoms with E-state index >= 15 is 0 Å². The summed E-state index contributed by atoms with van der Waals surface area (Å²) < 4.78 is 10.5. The van der Waals surface area contributed by atoms with Crippen molar-refractivity contribution in [2.45, 2.75) is 38.3 Å². The van der Waals surface area contributed by atoms with Crippen molar-refractivity contribution in [2.75, 3.05) is 20.8 Å². The SMILES string of the molecule is COc1ccc(C2CCCN2C(=O)C(C)(C)OC)cc1. The maximum absolute atomic E-state index is 12.6. The van der Waals surface area contributed by atoms with Crippen molar-refractivity contribution in [3.63, 3.8) is 0 Å². The molecule has 0 radical (unpaired) electrons. The van der Waals surface area contributed by atoms with Crippen LogP contribution in [0.2, 0.25) is 0 Å². The molecular weight excluding hydrogens is 254 g/mol. The molecule has 4 heteroatoms. The molecule has 1 saturated heterocycles. The van der Waals surface area contributed by atoms with Crippen LogP contribution in [-0.4, -0.2) is 37.2 Å². The Morgan fingerprint density at radius 1 is 1.25 bits per heavy atom. The third-order valence-electron chi connectivity index (χ3n) is 4.04. The Kier molecular flexibility index (Phi) is 4.33. The highest BCUT2D eigenvalue weighted by Gasteiger charge is 2.38. The van der Waals surface area contributed by atoms with Crippen LogP contribution < -0.4 is 4.74 Å². The lowest BCUT2D eigenvalue weighted by Crippen LogP contribution is -2.46. The zero-order valence-corrected chi connectivity index (χ0v) is 12.7. The lowest BCUT2D eigenvalue weighted by molar-refractivity contribution is -0.152. The van der Waals surface area contributed by atoms with Crippen LogP contribution in [0.25, 0.3) is 0 Å². The van der Waals surface area contributed by atoms with Crippen LogP contribution >= 0.6 is 0 Å². The molecule has 1 aromatic rings.